The van der Waals surface area contributed by atoms with Gasteiger partial charge in [-0.05, 0) is 53.8 Å². The van der Waals surface area contributed by atoms with E-state index in [0.29, 0.717) is 32.8 Å². The molecule has 1 atom stereocenters. The lowest BCUT2D eigenvalue weighted by atomic mass is 10.0. The number of nitrogen functional groups attached to an aromatic ring is 1. The highest BCUT2D eigenvalue weighted by molar-refractivity contribution is 7.80. The fraction of sp³-hybridized carbons (Fsp3) is 0.0417. The van der Waals surface area contributed by atoms with E-state index in [1.54, 1.807) is 60.8 Å². The number of nitrogens with two attached hydrogens (primary N) is 2. The standard InChI is InChI=1S/C24H20FN5O3S/c1-14(16-7-6-15-10-11-28-23(26)19(15)12-16)22(25)24(31)30-21-9-8-17(13-29-21)18-4-2-3-5-20(18)34(32)33-27/h2-13H,27H2,1H3,(H2,26,28)(H,29,30,31)/b22-14+. The van der Waals surface area contributed by atoms with E-state index in [1.165, 1.54) is 19.2 Å². The zero-order chi connectivity index (χ0) is 24.2. The summed E-state index contributed by atoms with van der Waals surface area (Å²) < 4.78 is 31.3. The summed E-state index contributed by atoms with van der Waals surface area (Å²) >= 11 is -1.84. The van der Waals surface area contributed by atoms with E-state index in [-0.39, 0.29) is 11.4 Å². The number of halogens is 1. The molecule has 1 amide bonds. The maximum Gasteiger partial charge on any atom is 0.285 e. The number of hydrogen-bond donors (Lipinski definition) is 3. The number of carbonyl (C=O) groups is 1. The van der Waals surface area contributed by atoms with Crippen molar-refractivity contribution in [3.63, 3.8) is 0 Å². The smallest absolute Gasteiger partial charge is 0.285 e. The van der Waals surface area contributed by atoms with Gasteiger partial charge >= 0.3 is 0 Å². The summed E-state index contributed by atoms with van der Waals surface area (Å²) in [5.74, 6) is 3.64. The van der Waals surface area contributed by atoms with Crippen molar-refractivity contribution in [2.24, 2.45) is 5.90 Å². The summed E-state index contributed by atoms with van der Waals surface area (Å²) in [6.07, 6.45) is 3.06. The molecule has 4 aromatic rings. The Hall–Kier alpha value is -3.99. The molecule has 0 saturated heterocycles. The number of pyridine rings is 2. The summed E-state index contributed by atoms with van der Waals surface area (Å²) in [5.41, 5.74) is 7.79. The van der Waals surface area contributed by atoms with Gasteiger partial charge in [-0.1, -0.05) is 30.3 Å². The van der Waals surface area contributed by atoms with Crippen LogP contribution in [0.25, 0.3) is 27.5 Å². The second-order valence-electron chi connectivity index (χ2n) is 7.28. The molecule has 0 aliphatic heterocycles. The van der Waals surface area contributed by atoms with Crippen molar-refractivity contribution in [2.45, 2.75) is 11.8 Å². The Bertz CT molecular complexity index is 1440. The van der Waals surface area contributed by atoms with Gasteiger partial charge in [0.15, 0.2) is 5.83 Å². The van der Waals surface area contributed by atoms with Crippen molar-refractivity contribution >= 4 is 45.0 Å². The number of allylic oxidation sites excluding steroid dienone is 1. The van der Waals surface area contributed by atoms with Crippen LogP contribution >= 0.6 is 0 Å². The summed E-state index contributed by atoms with van der Waals surface area (Å²) in [5, 5.41) is 3.98. The third-order valence-electron chi connectivity index (χ3n) is 5.23. The average molecular weight is 478 g/mol. The van der Waals surface area contributed by atoms with Crippen molar-refractivity contribution in [2.75, 3.05) is 11.1 Å². The molecule has 0 bridgehead atoms. The van der Waals surface area contributed by atoms with Crippen molar-refractivity contribution in [1.29, 1.82) is 0 Å². The van der Waals surface area contributed by atoms with Crippen molar-refractivity contribution in [3.05, 3.63) is 84.4 Å². The molecule has 5 N–H and O–H groups in total. The lowest BCUT2D eigenvalue weighted by molar-refractivity contribution is -0.114. The van der Waals surface area contributed by atoms with Gasteiger partial charge in [0.05, 0.1) is 4.90 Å². The van der Waals surface area contributed by atoms with Crippen molar-refractivity contribution in [3.8, 4) is 11.1 Å². The Morgan fingerprint density at radius 2 is 1.88 bits per heavy atom. The van der Waals surface area contributed by atoms with Crippen LogP contribution in [0.5, 0.6) is 0 Å². The Morgan fingerprint density at radius 3 is 2.62 bits per heavy atom. The van der Waals surface area contributed by atoms with E-state index in [0.717, 1.165) is 5.39 Å². The van der Waals surface area contributed by atoms with E-state index < -0.39 is 22.8 Å². The molecule has 8 nitrogen and oxygen atoms in total. The molecule has 0 aliphatic carbocycles. The second kappa shape index (κ2) is 9.87. The predicted octanol–water partition coefficient (Wildman–Crippen LogP) is 4.13. The van der Waals surface area contributed by atoms with Gasteiger partial charge in [0.2, 0.25) is 11.1 Å². The maximum absolute atomic E-state index is 14.9. The highest BCUT2D eigenvalue weighted by Gasteiger charge is 2.16. The highest BCUT2D eigenvalue weighted by atomic mass is 32.2. The minimum Gasteiger partial charge on any atom is -0.383 e. The van der Waals surface area contributed by atoms with E-state index in [9.17, 15) is 13.4 Å². The van der Waals surface area contributed by atoms with Gasteiger partial charge in [-0.3, -0.25) is 4.79 Å². The molecule has 0 fully saturated rings. The van der Waals surface area contributed by atoms with Crippen molar-refractivity contribution in [1.82, 2.24) is 9.97 Å². The number of aromatic nitrogens is 2. The van der Waals surface area contributed by atoms with Crippen LogP contribution in [-0.4, -0.2) is 20.1 Å². The molecule has 10 heteroatoms. The van der Waals surface area contributed by atoms with E-state index in [4.69, 9.17) is 11.6 Å². The monoisotopic (exact) mass is 477 g/mol. The van der Waals surface area contributed by atoms with Gasteiger partial charge in [-0.2, -0.15) is 10.2 Å². The van der Waals surface area contributed by atoms with Crippen molar-refractivity contribution < 1.29 is 17.7 Å². The molecule has 4 rings (SSSR count). The number of nitrogens with zero attached hydrogens (tertiary/aromatic N) is 2. The summed E-state index contributed by atoms with van der Waals surface area (Å²) in [6.45, 7) is 1.51. The minimum absolute atomic E-state index is 0.150. The summed E-state index contributed by atoms with van der Waals surface area (Å²) in [7, 11) is 0. The lowest BCUT2D eigenvalue weighted by Gasteiger charge is -2.10. The van der Waals surface area contributed by atoms with Crippen LogP contribution in [0.3, 0.4) is 0 Å². The van der Waals surface area contributed by atoms with Gasteiger partial charge in [-0.15, -0.1) is 0 Å². The molecule has 1 unspecified atom stereocenters. The molecule has 0 aliphatic rings. The predicted molar refractivity (Wildman–Crippen MR) is 130 cm³/mol. The van der Waals surface area contributed by atoms with Gasteiger partial charge in [0.1, 0.15) is 11.6 Å². The number of hydrogen-bond acceptors (Lipinski definition) is 7. The Labute approximate surface area is 197 Å². The first-order valence-corrected chi connectivity index (χ1v) is 11.1. The first kappa shape index (κ1) is 23.2. The highest BCUT2D eigenvalue weighted by Crippen LogP contribution is 2.28. The number of nitrogens with one attached hydrogen (secondary N) is 1. The lowest BCUT2D eigenvalue weighted by Crippen LogP contribution is -2.14. The molecule has 0 radical (unpaired) electrons. The number of anilines is 2. The van der Waals surface area contributed by atoms with Crippen LogP contribution in [0.4, 0.5) is 16.0 Å². The summed E-state index contributed by atoms with van der Waals surface area (Å²) in [4.78, 5) is 21.1. The zero-order valence-corrected chi connectivity index (χ0v) is 18.8. The van der Waals surface area contributed by atoms with Crippen LogP contribution in [0.1, 0.15) is 12.5 Å². The Kier molecular flexibility index (Phi) is 6.73. The first-order valence-electron chi connectivity index (χ1n) is 10.1. The second-order valence-corrected chi connectivity index (χ2v) is 8.39. The molecule has 2 aromatic carbocycles. The summed E-state index contributed by atoms with van der Waals surface area (Å²) in [6, 6.07) is 17.0. The normalized spacial score (nSPS) is 12.8. The van der Waals surface area contributed by atoms with Gasteiger partial charge in [-0.25, -0.2) is 18.6 Å². The molecule has 2 aromatic heterocycles. The van der Waals surface area contributed by atoms with E-state index >= 15 is 0 Å². The Balaban J connectivity index is 1.56. The minimum atomic E-state index is -1.84. The molecule has 2 heterocycles. The maximum atomic E-state index is 14.9. The number of rotatable bonds is 6. The van der Waals surface area contributed by atoms with Gasteiger partial charge < -0.3 is 11.1 Å². The van der Waals surface area contributed by atoms with Crippen LogP contribution in [0.2, 0.25) is 0 Å². The van der Waals surface area contributed by atoms with Crippen LogP contribution in [0.15, 0.2) is 83.8 Å². The topological polar surface area (TPSA) is 133 Å². The number of carbonyl (C=O) groups excluding carboxylic acids is 1. The molecule has 0 spiro atoms. The quantitative estimate of drug-likeness (QED) is 0.281. The SMILES string of the molecule is C/C(=C(\F)C(=O)Nc1ccc(-c2ccccc2S(=O)ON)cn1)c1ccc2ccnc(N)c2c1. The first-order chi connectivity index (χ1) is 16.4. The fourth-order valence-electron chi connectivity index (χ4n) is 3.42. The molecule has 34 heavy (non-hydrogen) atoms. The molecular formula is C24H20FN5O3S. The third-order valence-corrected chi connectivity index (χ3v) is 6.12. The number of benzene rings is 2. The Morgan fingerprint density at radius 1 is 1.09 bits per heavy atom. The van der Waals surface area contributed by atoms with Gasteiger partial charge in [0.25, 0.3) is 5.91 Å². The van der Waals surface area contributed by atoms with Gasteiger partial charge in [0, 0.05) is 28.9 Å². The van der Waals surface area contributed by atoms with Crippen LogP contribution < -0.4 is 16.9 Å². The zero-order valence-electron chi connectivity index (χ0n) is 18.0. The number of fused-ring (bicyclic) bond motifs is 1. The van der Waals surface area contributed by atoms with E-state index in [2.05, 4.69) is 19.6 Å². The average Bonchev–Trinajstić information content (AvgIpc) is 2.88. The largest absolute Gasteiger partial charge is 0.383 e. The molecule has 172 valence electrons. The van der Waals surface area contributed by atoms with Crippen LogP contribution in [0, 0.1) is 0 Å². The molecule has 0 saturated carbocycles. The van der Waals surface area contributed by atoms with Crippen LogP contribution in [-0.2, 0) is 20.2 Å². The van der Waals surface area contributed by atoms with E-state index in [1.807, 2.05) is 0 Å². The molecular weight excluding hydrogens is 457 g/mol. The third kappa shape index (κ3) is 4.69. The fourth-order valence-corrected chi connectivity index (χ4v) is 4.08. The number of amides is 1.